The first kappa shape index (κ1) is 21.0. The Morgan fingerprint density at radius 2 is 1.97 bits per heavy atom. The van der Waals surface area contributed by atoms with Crippen LogP contribution in [0.25, 0.3) is 0 Å². The lowest BCUT2D eigenvalue weighted by atomic mass is 10.0. The van der Waals surface area contributed by atoms with Crippen LogP contribution in [-0.4, -0.2) is 41.1 Å². The van der Waals surface area contributed by atoms with E-state index in [9.17, 15) is 14.0 Å². The number of halogens is 1. The maximum Gasteiger partial charge on any atom is 0.227 e. The van der Waals surface area contributed by atoms with E-state index in [-0.39, 0.29) is 24.8 Å². The highest BCUT2D eigenvalue weighted by Gasteiger charge is 2.37. The predicted molar refractivity (Wildman–Crippen MR) is 117 cm³/mol. The number of benzene rings is 2. The summed E-state index contributed by atoms with van der Waals surface area (Å²) in [5.74, 6) is 0.196. The molecular weight excluding hydrogens is 427 g/mol. The molecule has 5 rings (SSSR count). The van der Waals surface area contributed by atoms with Crippen LogP contribution < -0.4 is 19.7 Å². The zero-order valence-corrected chi connectivity index (χ0v) is 18.0. The van der Waals surface area contributed by atoms with Gasteiger partial charge in [0.15, 0.2) is 11.5 Å². The number of imidazole rings is 1. The summed E-state index contributed by atoms with van der Waals surface area (Å²) in [5.41, 5.74) is 0.961. The van der Waals surface area contributed by atoms with E-state index in [1.54, 1.807) is 65.3 Å². The van der Waals surface area contributed by atoms with Crippen molar-refractivity contribution >= 4 is 17.5 Å². The maximum atomic E-state index is 14.6. The van der Waals surface area contributed by atoms with Crippen LogP contribution in [0.5, 0.6) is 11.5 Å². The minimum Gasteiger partial charge on any atom is -0.486 e. The molecule has 2 aliphatic rings. The van der Waals surface area contributed by atoms with E-state index in [1.165, 1.54) is 6.07 Å². The fourth-order valence-electron chi connectivity index (χ4n) is 4.24. The molecule has 3 aromatic rings. The molecule has 2 atom stereocenters. The number of carbonyl (C=O) groups is 2. The summed E-state index contributed by atoms with van der Waals surface area (Å²) in [6.07, 6.45) is 3.39. The first-order valence-corrected chi connectivity index (χ1v) is 10.7. The Kier molecular flexibility index (Phi) is 5.45. The molecule has 0 saturated carbocycles. The van der Waals surface area contributed by atoms with Gasteiger partial charge in [-0.2, -0.15) is 0 Å². The van der Waals surface area contributed by atoms with Crippen molar-refractivity contribution < 1.29 is 23.5 Å². The summed E-state index contributed by atoms with van der Waals surface area (Å²) in [4.78, 5) is 31.8. The fourth-order valence-corrected chi connectivity index (χ4v) is 4.24. The van der Waals surface area contributed by atoms with Crippen LogP contribution in [0.3, 0.4) is 0 Å². The lowest BCUT2D eigenvalue weighted by Crippen LogP contribution is -2.37. The van der Waals surface area contributed by atoms with Gasteiger partial charge in [0.2, 0.25) is 11.8 Å². The largest absolute Gasteiger partial charge is 0.486 e. The molecule has 2 amide bonds. The zero-order valence-electron chi connectivity index (χ0n) is 18.0. The van der Waals surface area contributed by atoms with Crippen LogP contribution in [0.15, 0.2) is 54.9 Å². The molecule has 1 fully saturated rings. The lowest BCUT2D eigenvalue weighted by Gasteiger charge is -2.23. The molecule has 0 aliphatic carbocycles. The fraction of sp³-hybridized carbons (Fsp3) is 0.292. The van der Waals surface area contributed by atoms with E-state index in [4.69, 9.17) is 9.47 Å². The Bertz CT molecular complexity index is 1210. The third-order valence-electron chi connectivity index (χ3n) is 5.95. The first-order chi connectivity index (χ1) is 16.0. The van der Waals surface area contributed by atoms with Crippen LogP contribution in [0, 0.1) is 11.7 Å². The molecule has 0 bridgehead atoms. The van der Waals surface area contributed by atoms with Gasteiger partial charge in [-0.05, 0) is 18.2 Å². The molecule has 3 heterocycles. The van der Waals surface area contributed by atoms with E-state index in [1.807, 2.05) is 0 Å². The first-order valence-electron chi connectivity index (χ1n) is 10.7. The zero-order chi connectivity index (χ0) is 22.9. The highest BCUT2D eigenvalue weighted by molar-refractivity contribution is 6.00. The number of aryl methyl sites for hydroxylation is 1. The quantitative estimate of drug-likeness (QED) is 0.646. The average Bonchev–Trinajstić information content (AvgIpc) is 3.43. The van der Waals surface area contributed by atoms with Gasteiger partial charge < -0.3 is 24.3 Å². The van der Waals surface area contributed by atoms with Crippen LogP contribution in [-0.2, 0) is 16.6 Å². The van der Waals surface area contributed by atoms with Gasteiger partial charge in [0.05, 0.1) is 5.92 Å². The summed E-state index contributed by atoms with van der Waals surface area (Å²) in [5, 5.41) is 2.92. The number of hydrogen-bond acceptors (Lipinski definition) is 5. The summed E-state index contributed by atoms with van der Waals surface area (Å²) in [7, 11) is 1.78. The maximum absolute atomic E-state index is 14.6. The monoisotopic (exact) mass is 450 g/mol. The molecule has 1 N–H and O–H groups in total. The van der Waals surface area contributed by atoms with E-state index < -0.39 is 17.8 Å². The molecule has 8 nitrogen and oxygen atoms in total. The third-order valence-corrected chi connectivity index (χ3v) is 5.95. The Morgan fingerprint density at radius 3 is 2.73 bits per heavy atom. The van der Waals surface area contributed by atoms with Crippen molar-refractivity contribution in [1.82, 2.24) is 14.9 Å². The molecule has 1 saturated heterocycles. The van der Waals surface area contributed by atoms with Crippen molar-refractivity contribution in [3.63, 3.8) is 0 Å². The van der Waals surface area contributed by atoms with Crippen molar-refractivity contribution in [3.05, 3.63) is 72.1 Å². The standard InChI is InChI=1S/C24H23FN4O4/c1-28-9-8-26-23(28)22(17-4-2-3-5-18(17)25)27-24(31)15-12-21(30)29(14-15)16-6-7-19-20(13-16)33-11-10-32-19/h2-9,13,15,22H,10-12,14H2,1H3,(H,27,31)/t15-,22+/m1/s1. The summed E-state index contributed by atoms with van der Waals surface area (Å²) in [6, 6.07) is 10.8. The molecule has 9 heteroatoms. The van der Waals surface area contributed by atoms with Gasteiger partial charge in [-0.15, -0.1) is 0 Å². The number of fused-ring (bicyclic) bond motifs is 1. The molecule has 0 unspecified atom stereocenters. The number of amides is 2. The van der Waals surface area contributed by atoms with Crippen LogP contribution in [0.1, 0.15) is 23.9 Å². The number of nitrogens with one attached hydrogen (secondary N) is 1. The highest BCUT2D eigenvalue weighted by Crippen LogP contribution is 2.36. The van der Waals surface area contributed by atoms with Gasteiger partial charge in [0, 0.05) is 49.7 Å². The Hall–Kier alpha value is -3.88. The highest BCUT2D eigenvalue weighted by atomic mass is 19.1. The summed E-state index contributed by atoms with van der Waals surface area (Å²) in [6.45, 7) is 1.14. The topological polar surface area (TPSA) is 85.7 Å². The molecule has 2 aromatic carbocycles. The van der Waals surface area contributed by atoms with E-state index >= 15 is 0 Å². The Morgan fingerprint density at radius 1 is 1.18 bits per heavy atom. The molecule has 2 aliphatic heterocycles. The molecule has 33 heavy (non-hydrogen) atoms. The number of anilines is 1. The average molecular weight is 450 g/mol. The molecule has 1 aromatic heterocycles. The van der Waals surface area contributed by atoms with Gasteiger partial charge in [-0.1, -0.05) is 18.2 Å². The Balaban J connectivity index is 1.36. The molecule has 0 radical (unpaired) electrons. The van der Waals surface area contributed by atoms with Gasteiger partial charge in [-0.25, -0.2) is 9.37 Å². The van der Waals surface area contributed by atoms with Crippen molar-refractivity contribution in [2.75, 3.05) is 24.7 Å². The second-order valence-corrected chi connectivity index (χ2v) is 8.09. The van der Waals surface area contributed by atoms with Gasteiger partial charge in [0.25, 0.3) is 0 Å². The van der Waals surface area contributed by atoms with Crippen molar-refractivity contribution in [2.45, 2.75) is 12.5 Å². The van der Waals surface area contributed by atoms with Crippen LogP contribution in [0.2, 0.25) is 0 Å². The third kappa shape index (κ3) is 4.02. The van der Waals surface area contributed by atoms with Crippen molar-refractivity contribution in [2.24, 2.45) is 13.0 Å². The predicted octanol–water partition coefficient (Wildman–Crippen LogP) is 2.59. The number of ether oxygens (including phenoxy) is 2. The van der Waals surface area contributed by atoms with Crippen LogP contribution in [0.4, 0.5) is 10.1 Å². The van der Waals surface area contributed by atoms with Crippen molar-refractivity contribution in [1.29, 1.82) is 0 Å². The number of carbonyl (C=O) groups excluding carboxylic acids is 2. The Labute approximate surface area is 189 Å². The number of rotatable bonds is 5. The van der Waals surface area contributed by atoms with E-state index in [0.29, 0.717) is 41.8 Å². The summed E-state index contributed by atoms with van der Waals surface area (Å²) >= 11 is 0. The van der Waals surface area contributed by atoms with Crippen molar-refractivity contribution in [3.8, 4) is 11.5 Å². The summed E-state index contributed by atoms with van der Waals surface area (Å²) < 4.78 is 27.5. The van der Waals surface area contributed by atoms with Gasteiger partial charge >= 0.3 is 0 Å². The minimum atomic E-state index is -0.780. The minimum absolute atomic E-state index is 0.0603. The SMILES string of the molecule is Cn1ccnc1[C@@H](NC(=O)[C@@H]1CC(=O)N(c2ccc3c(c2)OCCO3)C1)c1ccccc1F. The van der Waals surface area contributed by atoms with E-state index in [0.717, 1.165) is 0 Å². The number of hydrogen-bond donors (Lipinski definition) is 1. The van der Waals surface area contributed by atoms with Crippen LogP contribution >= 0.6 is 0 Å². The lowest BCUT2D eigenvalue weighted by molar-refractivity contribution is -0.126. The second kappa shape index (κ2) is 8.57. The number of nitrogens with zero attached hydrogens (tertiary/aromatic N) is 3. The van der Waals surface area contributed by atoms with Gasteiger partial charge in [-0.3, -0.25) is 9.59 Å². The second-order valence-electron chi connectivity index (χ2n) is 8.09. The smallest absolute Gasteiger partial charge is 0.227 e. The normalized spacial score (nSPS) is 18.3. The molecular formula is C24H23FN4O4. The van der Waals surface area contributed by atoms with Gasteiger partial charge in [0.1, 0.15) is 30.9 Å². The molecule has 170 valence electrons. The molecule has 0 spiro atoms. The van der Waals surface area contributed by atoms with E-state index in [2.05, 4.69) is 10.3 Å². The number of aromatic nitrogens is 2.